The van der Waals surface area contributed by atoms with E-state index in [0.717, 1.165) is 28.1 Å². The normalized spacial score (nSPS) is 10.9. The van der Waals surface area contributed by atoms with Crippen molar-refractivity contribution >= 4 is 11.7 Å². The highest BCUT2D eigenvalue weighted by molar-refractivity contribution is 5.90. The Morgan fingerprint density at radius 2 is 1.75 bits per heavy atom. The molecule has 144 valence electrons. The van der Waals surface area contributed by atoms with E-state index in [1.54, 1.807) is 6.20 Å². The molecule has 0 aliphatic carbocycles. The lowest BCUT2D eigenvalue weighted by atomic mass is 10.1. The average molecular weight is 375 g/mol. The van der Waals surface area contributed by atoms with E-state index in [1.807, 2.05) is 68.4 Å². The summed E-state index contributed by atoms with van der Waals surface area (Å²) in [5.74, 6) is 0.721. The van der Waals surface area contributed by atoms with Gasteiger partial charge in [0.1, 0.15) is 0 Å². The van der Waals surface area contributed by atoms with Crippen LogP contribution in [0.4, 0.5) is 5.82 Å². The Bertz CT molecular complexity index is 922. The zero-order valence-electron chi connectivity index (χ0n) is 16.2. The topological polar surface area (TPSA) is 75.1 Å². The van der Waals surface area contributed by atoms with Gasteiger partial charge in [0.05, 0.1) is 24.2 Å². The molecule has 0 saturated heterocycles. The second kappa shape index (κ2) is 9.24. The molecular formula is C23H25N3O2. The second-order valence-corrected chi connectivity index (χ2v) is 7.21. The lowest BCUT2D eigenvalue weighted by Crippen LogP contribution is -2.17. The summed E-state index contributed by atoms with van der Waals surface area (Å²) in [6.45, 7) is 4.02. The molecule has 2 N–H and O–H groups in total. The van der Waals surface area contributed by atoms with Crippen molar-refractivity contribution in [3.05, 3.63) is 77.6 Å². The molecule has 3 aromatic rings. The third-order valence-corrected chi connectivity index (χ3v) is 4.34. The first-order chi connectivity index (χ1) is 13.5. The second-order valence-electron chi connectivity index (χ2n) is 7.21. The van der Waals surface area contributed by atoms with E-state index in [4.69, 9.17) is 4.98 Å². The summed E-state index contributed by atoms with van der Waals surface area (Å²) < 4.78 is 0. The number of aliphatic hydroxyl groups is 1. The molecule has 0 unspecified atom stereocenters. The molecular weight excluding hydrogens is 350 g/mol. The maximum absolute atomic E-state index is 12.3. The summed E-state index contributed by atoms with van der Waals surface area (Å²) in [6.07, 6.45) is 2.69. The molecule has 0 bridgehead atoms. The van der Waals surface area contributed by atoms with E-state index in [2.05, 4.69) is 10.3 Å². The smallest absolute Gasteiger partial charge is 0.225 e. The highest BCUT2D eigenvalue weighted by Gasteiger charge is 2.14. The van der Waals surface area contributed by atoms with Crippen molar-refractivity contribution in [3.8, 4) is 11.3 Å². The number of hydrogen-bond donors (Lipinski definition) is 2. The quantitative estimate of drug-likeness (QED) is 0.649. The maximum atomic E-state index is 12.3. The third-order valence-electron chi connectivity index (χ3n) is 4.34. The monoisotopic (exact) mass is 375 g/mol. The molecule has 0 atom stereocenters. The van der Waals surface area contributed by atoms with Gasteiger partial charge in [-0.15, -0.1) is 0 Å². The molecule has 5 nitrogen and oxygen atoms in total. The first-order valence-electron chi connectivity index (χ1n) is 9.45. The van der Waals surface area contributed by atoms with Crippen molar-refractivity contribution in [2.24, 2.45) is 5.92 Å². The van der Waals surface area contributed by atoms with Gasteiger partial charge in [-0.25, -0.2) is 9.97 Å². The Labute approximate surface area is 165 Å². The summed E-state index contributed by atoms with van der Waals surface area (Å²) in [5.41, 5.74) is 4.33. The van der Waals surface area contributed by atoms with Crippen LogP contribution < -0.4 is 5.32 Å². The number of hydrogen-bond acceptors (Lipinski definition) is 4. The minimum Gasteiger partial charge on any atom is -0.392 e. The SMILES string of the molecule is CC(C)CC(=O)Nc1ncc(-c2ccc(CO)cc2)nc1Cc1ccccc1. The lowest BCUT2D eigenvalue weighted by Gasteiger charge is -2.12. The van der Waals surface area contributed by atoms with Gasteiger partial charge in [0.15, 0.2) is 5.82 Å². The molecule has 0 radical (unpaired) electrons. The Balaban J connectivity index is 1.93. The van der Waals surface area contributed by atoms with Crippen molar-refractivity contribution in [1.29, 1.82) is 0 Å². The van der Waals surface area contributed by atoms with Gasteiger partial charge < -0.3 is 10.4 Å². The third kappa shape index (κ3) is 5.24. The van der Waals surface area contributed by atoms with Gasteiger partial charge in [0.25, 0.3) is 0 Å². The number of amides is 1. The van der Waals surface area contributed by atoms with Crippen LogP contribution in [0.5, 0.6) is 0 Å². The van der Waals surface area contributed by atoms with E-state index in [-0.39, 0.29) is 18.4 Å². The largest absolute Gasteiger partial charge is 0.392 e. The Kier molecular flexibility index (Phi) is 6.50. The van der Waals surface area contributed by atoms with Crippen LogP contribution in [-0.4, -0.2) is 21.0 Å². The van der Waals surface area contributed by atoms with Crippen LogP contribution in [0.3, 0.4) is 0 Å². The zero-order chi connectivity index (χ0) is 19.9. The standard InChI is InChI=1S/C23H25N3O2/c1-16(2)12-22(28)26-23-20(13-17-6-4-3-5-7-17)25-21(14-24-23)19-10-8-18(15-27)9-11-19/h3-11,14,16,27H,12-13,15H2,1-2H3,(H,24,26,28). The minimum atomic E-state index is -0.0568. The summed E-state index contributed by atoms with van der Waals surface area (Å²) >= 11 is 0. The lowest BCUT2D eigenvalue weighted by molar-refractivity contribution is -0.116. The van der Waals surface area contributed by atoms with Gasteiger partial charge >= 0.3 is 0 Å². The van der Waals surface area contributed by atoms with Crippen molar-refractivity contribution < 1.29 is 9.90 Å². The fourth-order valence-corrected chi connectivity index (χ4v) is 2.92. The van der Waals surface area contributed by atoms with Crippen LogP contribution in [0.25, 0.3) is 11.3 Å². The molecule has 5 heteroatoms. The Hall–Kier alpha value is -3.05. The van der Waals surface area contributed by atoms with Crippen molar-refractivity contribution in [2.75, 3.05) is 5.32 Å². The van der Waals surface area contributed by atoms with Gasteiger partial charge in [-0.1, -0.05) is 68.4 Å². The van der Waals surface area contributed by atoms with E-state index in [9.17, 15) is 9.90 Å². The van der Waals surface area contributed by atoms with Gasteiger partial charge in [0, 0.05) is 18.4 Å². The summed E-state index contributed by atoms with van der Waals surface area (Å²) in [5, 5.41) is 12.1. The summed E-state index contributed by atoms with van der Waals surface area (Å²) in [6, 6.07) is 17.6. The predicted octanol–water partition coefficient (Wildman–Crippen LogP) is 4.21. The van der Waals surface area contributed by atoms with Gasteiger partial charge in [-0.2, -0.15) is 0 Å². The van der Waals surface area contributed by atoms with Crippen LogP contribution in [0.1, 0.15) is 37.1 Å². The molecule has 2 aromatic carbocycles. The van der Waals surface area contributed by atoms with E-state index in [0.29, 0.717) is 18.7 Å². The number of aromatic nitrogens is 2. The number of carbonyl (C=O) groups is 1. The molecule has 1 amide bonds. The Morgan fingerprint density at radius 1 is 1.04 bits per heavy atom. The predicted molar refractivity (Wildman–Crippen MR) is 111 cm³/mol. The first kappa shape index (κ1) is 19.7. The number of nitrogens with zero attached hydrogens (tertiary/aromatic N) is 2. The van der Waals surface area contributed by atoms with Crippen LogP contribution >= 0.6 is 0 Å². The molecule has 3 rings (SSSR count). The molecule has 0 fully saturated rings. The number of anilines is 1. The van der Waals surface area contributed by atoms with Crippen molar-refractivity contribution in [2.45, 2.75) is 33.3 Å². The molecule has 0 aliphatic rings. The van der Waals surface area contributed by atoms with Crippen molar-refractivity contribution in [3.63, 3.8) is 0 Å². The molecule has 0 saturated carbocycles. The molecule has 1 aromatic heterocycles. The number of carbonyl (C=O) groups excluding carboxylic acids is 1. The summed E-state index contributed by atoms with van der Waals surface area (Å²) in [4.78, 5) is 21.5. The number of rotatable bonds is 7. The van der Waals surface area contributed by atoms with Gasteiger partial charge in [-0.3, -0.25) is 4.79 Å². The minimum absolute atomic E-state index is 0.00599. The fourth-order valence-electron chi connectivity index (χ4n) is 2.92. The zero-order valence-corrected chi connectivity index (χ0v) is 16.2. The number of aliphatic hydroxyl groups excluding tert-OH is 1. The highest BCUT2D eigenvalue weighted by atomic mass is 16.3. The van der Waals surface area contributed by atoms with Crippen LogP contribution in [-0.2, 0) is 17.8 Å². The average Bonchev–Trinajstić information content (AvgIpc) is 2.69. The van der Waals surface area contributed by atoms with Crippen molar-refractivity contribution in [1.82, 2.24) is 9.97 Å². The van der Waals surface area contributed by atoms with Gasteiger partial charge in [-0.05, 0) is 17.0 Å². The molecule has 28 heavy (non-hydrogen) atoms. The first-order valence-corrected chi connectivity index (χ1v) is 9.45. The van der Waals surface area contributed by atoms with E-state index in [1.165, 1.54) is 0 Å². The van der Waals surface area contributed by atoms with Gasteiger partial charge in [0.2, 0.25) is 5.91 Å². The molecule has 0 spiro atoms. The van der Waals surface area contributed by atoms with Crippen LogP contribution in [0, 0.1) is 5.92 Å². The van der Waals surface area contributed by atoms with E-state index < -0.39 is 0 Å². The molecule has 1 heterocycles. The van der Waals surface area contributed by atoms with Crippen LogP contribution in [0.2, 0.25) is 0 Å². The number of nitrogens with one attached hydrogen (secondary N) is 1. The number of benzene rings is 2. The summed E-state index contributed by atoms with van der Waals surface area (Å²) in [7, 11) is 0. The Morgan fingerprint density at radius 3 is 2.39 bits per heavy atom. The molecule has 0 aliphatic heterocycles. The fraction of sp³-hybridized carbons (Fsp3) is 0.261. The van der Waals surface area contributed by atoms with E-state index >= 15 is 0 Å². The highest BCUT2D eigenvalue weighted by Crippen LogP contribution is 2.22. The maximum Gasteiger partial charge on any atom is 0.225 e. The van der Waals surface area contributed by atoms with Crippen LogP contribution in [0.15, 0.2) is 60.8 Å².